The highest BCUT2D eigenvalue weighted by atomic mass is 16.5. The summed E-state index contributed by atoms with van der Waals surface area (Å²) >= 11 is 0. The van der Waals surface area contributed by atoms with Crippen molar-refractivity contribution in [3.05, 3.63) is 54.4 Å². The van der Waals surface area contributed by atoms with Gasteiger partial charge in [-0.15, -0.1) is 0 Å². The third-order valence-electron chi connectivity index (χ3n) is 3.23. The van der Waals surface area contributed by atoms with Gasteiger partial charge in [0.25, 0.3) is 0 Å². The van der Waals surface area contributed by atoms with E-state index in [0.717, 1.165) is 17.0 Å². The molecule has 4 nitrogen and oxygen atoms in total. The van der Waals surface area contributed by atoms with Gasteiger partial charge in [0.15, 0.2) is 0 Å². The Hall–Kier alpha value is -2.07. The largest absolute Gasteiger partial charge is 0.495 e. The van der Waals surface area contributed by atoms with E-state index in [-0.39, 0.29) is 6.04 Å². The van der Waals surface area contributed by atoms with E-state index in [1.54, 1.807) is 13.3 Å². The lowest BCUT2D eigenvalue weighted by Gasteiger charge is -2.30. The van der Waals surface area contributed by atoms with Gasteiger partial charge in [-0.25, -0.2) is 0 Å². The number of hydrogen-bond donors (Lipinski definition) is 1. The Balaban J connectivity index is 2.33. The second-order valence-corrected chi connectivity index (χ2v) is 4.32. The predicted molar refractivity (Wildman–Crippen MR) is 77.4 cm³/mol. The molecule has 2 N–H and O–H groups in total. The highest BCUT2D eigenvalue weighted by molar-refractivity contribution is 5.59. The van der Waals surface area contributed by atoms with Gasteiger partial charge >= 0.3 is 0 Å². The molecule has 0 fully saturated rings. The van der Waals surface area contributed by atoms with Gasteiger partial charge in [-0.05, 0) is 23.8 Å². The van der Waals surface area contributed by atoms with Crippen LogP contribution in [-0.2, 0) is 0 Å². The van der Waals surface area contributed by atoms with Crippen molar-refractivity contribution in [1.82, 2.24) is 4.98 Å². The Morgan fingerprint density at radius 1 is 1.26 bits per heavy atom. The van der Waals surface area contributed by atoms with Gasteiger partial charge in [-0.3, -0.25) is 4.98 Å². The molecule has 1 unspecified atom stereocenters. The first-order valence-corrected chi connectivity index (χ1v) is 6.23. The van der Waals surface area contributed by atoms with Crippen LogP contribution in [0.2, 0.25) is 0 Å². The van der Waals surface area contributed by atoms with E-state index in [1.165, 1.54) is 0 Å². The molecular formula is C15H19N3O. The van der Waals surface area contributed by atoms with Crippen molar-refractivity contribution in [2.24, 2.45) is 5.73 Å². The van der Waals surface area contributed by atoms with Gasteiger partial charge in [0.2, 0.25) is 0 Å². The molecule has 2 rings (SSSR count). The van der Waals surface area contributed by atoms with Crippen molar-refractivity contribution in [1.29, 1.82) is 0 Å². The number of nitrogens with two attached hydrogens (primary N) is 1. The number of pyridine rings is 1. The van der Waals surface area contributed by atoms with Crippen molar-refractivity contribution in [3.8, 4) is 5.75 Å². The molecule has 0 aliphatic carbocycles. The summed E-state index contributed by atoms with van der Waals surface area (Å²) in [5.41, 5.74) is 8.04. The Bertz CT molecular complexity index is 516. The van der Waals surface area contributed by atoms with Crippen molar-refractivity contribution in [2.45, 2.75) is 6.04 Å². The molecule has 1 atom stereocenters. The quantitative estimate of drug-likeness (QED) is 0.892. The summed E-state index contributed by atoms with van der Waals surface area (Å²) in [6.45, 7) is 0.514. The van der Waals surface area contributed by atoms with Crippen molar-refractivity contribution in [2.75, 3.05) is 25.6 Å². The van der Waals surface area contributed by atoms with Crippen LogP contribution in [0.1, 0.15) is 11.6 Å². The van der Waals surface area contributed by atoms with E-state index in [0.29, 0.717) is 6.54 Å². The van der Waals surface area contributed by atoms with Crippen LogP contribution in [0.3, 0.4) is 0 Å². The average Bonchev–Trinajstić information content (AvgIpc) is 2.49. The van der Waals surface area contributed by atoms with E-state index >= 15 is 0 Å². The van der Waals surface area contributed by atoms with Gasteiger partial charge in [-0.1, -0.05) is 18.2 Å². The number of likely N-dealkylation sites (N-methyl/N-ethyl adjacent to an activating group) is 1. The fourth-order valence-electron chi connectivity index (χ4n) is 2.18. The molecule has 1 aromatic heterocycles. The monoisotopic (exact) mass is 257 g/mol. The molecule has 100 valence electrons. The number of methoxy groups -OCH3 is 1. The number of benzene rings is 1. The molecule has 1 aromatic carbocycles. The Morgan fingerprint density at radius 3 is 2.68 bits per heavy atom. The molecule has 0 radical (unpaired) electrons. The molecular weight excluding hydrogens is 238 g/mol. The maximum absolute atomic E-state index is 5.92. The minimum atomic E-state index is 0.0741. The van der Waals surface area contributed by atoms with E-state index in [1.807, 2.05) is 49.6 Å². The minimum Gasteiger partial charge on any atom is -0.495 e. The van der Waals surface area contributed by atoms with E-state index in [2.05, 4.69) is 9.88 Å². The van der Waals surface area contributed by atoms with E-state index in [4.69, 9.17) is 10.5 Å². The molecule has 0 bridgehead atoms. The summed E-state index contributed by atoms with van der Waals surface area (Å²) in [6.07, 6.45) is 3.61. The molecule has 1 heterocycles. The van der Waals surface area contributed by atoms with Gasteiger partial charge < -0.3 is 15.4 Å². The Labute approximate surface area is 113 Å². The maximum atomic E-state index is 5.92. The lowest BCUT2D eigenvalue weighted by Crippen LogP contribution is -2.30. The van der Waals surface area contributed by atoms with Gasteiger partial charge in [0.05, 0.1) is 18.8 Å². The molecule has 0 spiro atoms. The van der Waals surface area contributed by atoms with Crippen LogP contribution in [0.15, 0.2) is 48.8 Å². The third kappa shape index (κ3) is 2.85. The summed E-state index contributed by atoms with van der Waals surface area (Å²) in [5.74, 6) is 0.840. The first-order chi connectivity index (χ1) is 9.27. The van der Waals surface area contributed by atoms with Crippen molar-refractivity contribution in [3.63, 3.8) is 0 Å². The van der Waals surface area contributed by atoms with Crippen LogP contribution in [0, 0.1) is 0 Å². The zero-order chi connectivity index (χ0) is 13.7. The molecule has 0 saturated carbocycles. The van der Waals surface area contributed by atoms with Gasteiger partial charge in [0, 0.05) is 26.0 Å². The van der Waals surface area contributed by atoms with Gasteiger partial charge in [-0.2, -0.15) is 0 Å². The average molecular weight is 257 g/mol. The molecule has 2 aromatic rings. The summed E-state index contributed by atoms with van der Waals surface area (Å²) in [4.78, 5) is 6.28. The minimum absolute atomic E-state index is 0.0741. The normalized spacial score (nSPS) is 11.9. The molecule has 19 heavy (non-hydrogen) atoms. The van der Waals surface area contributed by atoms with E-state index in [9.17, 15) is 0 Å². The lowest BCUT2D eigenvalue weighted by atomic mass is 10.1. The SMILES string of the molecule is COc1ccccc1N(C)C(CN)c1cccnc1. The topological polar surface area (TPSA) is 51.4 Å². The summed E-state index contributed by atoms with van der Waals surface area (Å²) < 4.78 is 5.40. The fourth-order valence-corrected chi connectivity index (χ4v) is 2.18. The third-order valence-corrected chi connectivity index (χ3v) is 3.23. The molecule has 0 aliphatic heterocycles. The Kier molecular flexibility index (Phi) is 4.36. The predicted octanol–water partition coefficient (Wildman–Crippen LogP) is 2.23. The number of nitrogens with zero attached hydrogens (tertiary/aromatic N) is 2. The highest BCUT2D eigenvalue weighted by Crippen LogP contribution is 2.32. The lowest BCUT2D eigenvalue weighted by molar-refractivity contribution is 0.413. The zero-order valence-electron chi connectivity index (χ0n) is 11.3. The van der Waals surface area contributed by atoms with Crippen LogP contribution >= 0.6 is 0 Å². The second kappa shape index (κ2) is 6.20. The zero-order valence-corrected chi connectivity index (χ0v) is 11.3. The molecule has 0 aliphatic rings. The number of anilines is 1. The van der Waals surface area contributed by atoms with Crippen molar-refractivity contribution < 1.29 is 4.74 Å². The van der Waals surface area contributed by atoms with Gasteiger partial charge in [0.1, 0.15) is 5.75 Å². The number of para-hydroxylation sites is 2. The molecule has 0 saturated heterocycles. The van der Waals surface area contributed by atoms with Crippen LogP contribution in [0.4, 0.5) is 5.69 Å². The first kappa shape index (κ1) is 13.4. The summed E-state index contributed by atoms with van der Waals surface area (Å²) in [5, 5.41) is 0. The van der Waals surface area contributed by atoms with Crippen LogP contribution in [0.25, 0.3) is 0 Å². The maximum Gasteiger partial charge on any atom is 0.142 e. The van der Waals surface area contributed by atoms with Crippen molar-refractivity contribution >= 4 is 5.69 Å². The standard InChI is InChI=1S/C15H19N3O/c1-18(13-7-3-4-8-15(13)19-2)14(10-16)12-6-5-9-17-11-12/h3-9,11,14H,10,16H2,1-2H3. The van der Waals surface area contributed by atoms with Crippen LogP contribution in [0.5, 0.6) is 5.75 Å². The summed E-state index contributed by atoms with van der Waals surface area (Å²) in [6, 6.07) is 12.0. The second-order valence-electron chi connectivity index (χ2n) is 4.32. The smallest absolute Gasteiger partial charge is 0.142 e. The molecule has 4 heteroatoms. The number of rotatable bonds is 5. The number of ether oxygens (including phenoxy) is 1. The number of aromatic nitrogens is 1. The number of hydrogen-bond acceptors (Lipinski definition) is 4. The highest BCUT2D eigenvalue weighted by Gasteiger charge is 2.18. The first-order valence-electron chi connectivity index (χ1n) is 6.23. The van der Waals surface area contributed by atoms with E-state index < -0.39 is 0 Å². The van der Waals surface area contributed by atoms with Crippen LogP contribution in [-0.4, -0.2) is 25.7 Å². The summed E-state index contributed by atoms with van der Waals surface area (Å²) in [7, 11) is 3.69. The fraction of sp³-hybridized carbons (Fsp3) is 0.267. The molecule has 0 amide bonds. The van der Waals surface area contributed by atoms with Crippen LogP contribution < -0.4 is 15.4 Å². The Morgan fingerprint density at radius 2 is 2.05 bits per heavy atom.